The summed E-state index contributed by atoms with van der Waals surface area (Å²) in [6.07, 6.45) is 2.22. The molecule has 1 N–H and O–H groups in total. The highest BCUT2D eigenvalue weighted by atomic mass is 15.2. The van der Waals surface area contributed by atoms with Crippen LogP contribution in [-0.4, -0.2) is 36.9 Å². The molecule has 1 atom stereocenters. The third-order valence-electron chi connectivity index (χ3n) is 3.15. The summed E-state index contributed by atoms with van der Waals surface area (Å²) in [7, 11) is 2.09. The van der Waals surface area contributed by atoms with Gasteiger partial charge in [0.05, 0.1) is 5.69 Å². The highest BCUT2D eigenvalue weighted by Gasteiger charge is 2.17. The second-order valence-corrected chi connectivity index (χ2v) is 4.48. The molecule has 4 heteroatoms. The van der Waals surface area contributed by atoms with Crippen molar-refractivity contribution in [1.82, 2.24) is 15.5 Å². The first-order valence-corrected chi connectivity index (χ1v) is 6.04. The molecule has 0 radical (unpaired) electrons. The first kappa shape index (κ1) is 11.3. The maximum absolute atomic E-state index is 4.25. The van der Waals surface area contributed by atoms with Gasteiger partial charge in [0, 0.05) is 13.6 Å². The van der Waals surface area contributed by atoms with E-state index in [9.17, 15) is 0 Å². The summed E-state index contributed by atoms with van der Waals surface area (Å²) in [6.45, 7) is 5.44. The van der Waals surface area contributed by atoms with Crippen molar-refractivity contribution in [1.29, 1.82) is 0 Å². The van der Waals surface area contributed by atoms with E-state index >= 15 is 0 Å². The van der Waals surface area contributed by atoms with Gasteiger partial charge in [0.25, 0.3) is 0 Å². The number of nitrogens with one attached hydrogen (secondary N) is 1. The molecular formula is C12H20N4. The number of aromatic nitrogens is 2. The van der Waals surface area contributed by atoms with Crippen molar-refractivity contribution < 1.29 is 0 Å². The van der Waals surface area contributed by atoms with E-state index in [1.165, 1.54) is 6.42 Å². The van der Waals surface area contributed by atoms with E-state index in [1.807, 2.05) is 0 Å². The second-order valence-electron chi connectivity index (χ2n) is 4.48. The number of hydrogen-bond acceptors (Lipinski definition) is 4. The summed E-state index contributed by atoms with van der Waals surface area (Å²) in [5.41, 5.74) is 1.06. The minimum Gasteiger partial charge on any atom is -0.358 e. The molecule has 2 rings (SSSR count). The zero-order valence-corrected chi connectivity index (χ0v) is 10.1. The standard InChI is InChI=1S/C12H20N4/c1-3-11-4-5-12(15-14-11)16(2)9-10-6-7-13-8-10/h4-5,10,13H,3,6-9H2,1-2H3. The molecule has 0 aromatic carbocycles. The average Bonchev–Trinajstić information content (AvgIpc) is 2.82. The monoisotopic (exact) mass is 220 g/mol. The zero-order chi connectivity index (χ0) is 11.4. The number of rotatable bonds is 4. The summed E-state index contributed by atoms with van der Waals surface area (Å²) in [5.74, 6) is 1.72. The van der Waals surface area contributed by atoms with Gasteiger partial charge in [-0.2, -0.15) is 5.10 Å². The van der Waals surface area contributed by atoms with Crippen molar-refractivity contribution in [2.45, 2.75) is 19.8 Å². The van der Waals surface area contributed by atoms with Crippen LogP contribution in [0.4, 0.5) is 5.82 Å². The van der Waals surface area contributed by atoms with E-state index in [0.717, 1.165) is 43.5 Å². The highest BCUT2D eigenvalue weighted by molar-refractivity contribution is 5.36. The average molecular weight is 220 g/mol. The van der Waals surface area contributed by atoms with Crippen LogP contribution in [-0.2, 0) is 6.42 Å². The molecule has 1 saturated heterocycles. The van der Waals surface area contributed by atoms with Crippen LogP contribution in [0, 0.1) is 5.92 Å². The maximum Gasteiger partial charge on any atom is 0.150 e. The minimum atomic E-state index is 0.748. The van der Waals surface area contributed by atoms with Gasteiger partial charge in [0.2, 0.25) is 0 Å². The normalized spacial score (nSPS) is 20.0. The first-order chi connectivity index (χ1) is 7.79. The van der Waals surface area contributed by atoms with Crippen molar-refractivity contribution in [3.8, 4) is 0 Å². The van der Waals surface area contributed by atoms with Gasteiger partial charge in [-0.1, -0.05) is 6.92 Å². The van der Waals surface area contributed by atoms with E-state index < -0.39 is 0 Å². The lowest BCUT2D eigenvalue weighted by Gasteiger charge is -2.21. The molecule has 2 heterocycles. The molecule has 0 bridgehead atoms. The Morgan fingerprint density at radius 2 is 2.31 bits per heavy atom. The van der Waals surface area contributed by atoms with Crippen molar-refractivity contribution in [3.05, 3.63) is 17.8 Å². The lowest BCUT2D eigenvalue weighted by atomic mass is 10.1. The Labute approximate surface area is 97.1 Å². The van der Waals surface area contributed by atoms with Gasteiger partial charge in [-0.3, -0.25) is 0 Å². The van der Waals surface area contributed by atoms with Crippen molar-refractivity contribution in [2.24, 2.45) is 5.92 Å². The van der Waals surface area contributed by atoms with Gasteiger partial charge in [-0.25, -0.2) is 0 Å². The molecule has 88 valence electrons. The van der Waals surface area contributed by atoms with Gasteiger partial charge in [0.15, 0.2) is 5.82 Å². The quantitative estimate of drug-likeness (QED) is 0.824. The predicted octanol–water partition coefficient (Wildman–Crippen LogP) is 1.08. The van der Waals surface area contributed by atoms with Crippen LogP contribution in [0.3, 0.4) is 0 Å². The van der Waals surface area contributed by atoms with Crippen LogP contribution in [0.5, 0.6) is 0 Å². The molecule has 0 saturated carbocycles. The predicted molar refractivity (Wildman–Crippen MR) is 65.7 cm³/mol. The number of anilines is 1. The number of nitrogens with zero attached hydrogens (tertiary/aromatic N) is 3. The fraction of sp³-hybridized carbons (Fsp3) is 0.667. The maximum atomic E-state index is 4.25. The zero-order valence-electron chi connectivity index (χ0n) is 10.1. The van der Waals surface area contributed by atoms with Gasteiger partial charge >= 0.3 is 0 Å². The van der Waals surface area contributed by atoms with Crippen LogP contribution in [0.25, 0.3) is 0 Å². The Balaban J connectivity index is 1.94. The summed E-state index contributed by atoms with van der Waals surface area (Å²) in [5, 5.41) is 11.8. The fourth-order valence-electron chi connectivity index (χ4n) is 2.10. The Bertz CT molecular complexity index is 316. The molecule has 1 aromatic rings. The number of aryl methyl sites for hydroxylation is 1. The van der Waals surface area contributed by atoms with Crippen LogP contribution >= 0.6 is 0 Å². The van der Waals surface area contributed by atoms with E-state index in [-0.39, 0.29) is 0 Å². The summed E-state index contributed by atoms with van der Waals surface area (Å²) >= 11 is 0. The third-order valence-corrected chi connectivity index (χ3v) is 3.15. The van der Waals surface area contributed by atoms with Gasteiger partial charge in [-0.05, 0) is 44.0 Å². The van der Waals surface area contributed by atoms with Gasteiger partial charge in [-0.15, -0.1) is 5.10 Å². The molecular weight excluding hydrogens is 200 g/mol. The summed E-state index contributed by atoms with van der Waals surface area (Å²) in [4.78, 5) is 2.20. The number of hydrogen-bond donors (Lipinski definition) is 1. The highest BCUT2D eigenvalue weighted by Crippen LogP contribution is 2.14. The van der Waals surface area contributed by atoms with E-state index in [2.05, 4.69) is 46.5 Å². The van der Waals surface area contributed by atoms with Crippen LogP contribution < -0.4 is 10.2 Å². The summed E-state index contributed by atoms with van der Waals surface area (Å²) < 4.78 is 0. The SMILES string of the molecule is CCc1ccc(N(C)CC2CCNC2)nn1. The molecule has 1 aliphatic heterocycles. The Kier molecular flexibility index (Phi) is 3.72. The smallest absolute Gasteiger partial charge is 0.150 e. The van der Waals surface area contributed by atoms with Gasteiger partial charge in [0.1, 0.15) is 0 Å². The minimum absolute atomic E-state index is 0.748. The lowest BCUT2D eigenvalue weighted by molar-refractivity contribution is 0.574. The van der Waals surface area contributed by atoms with Crippen LogP contribution in [0.15, 0.2) is 12.1 Å². The fourth-order valence-corrected chi connectivity index (χ4v) is 2.10. The Morgan fingerprint density at radius 3 is 2.88 bits per heavy atom. The van der Waals surface area contributed by atoms with Crippen molar-refractivity contribution >= 4 is 5.82 Å². The molecule has 16 heavy (non-hydrogen) atoms. The van der Waals surface area contributed by atoms with Crippen molar-refractivity contribution in [3.63, 3.8) is 0 Å². The third kappa shape index (κ3) is 2.70. The molecule has 1 aromatic heterocycles. The Hall–Kier alpha value is -1.16. The van der Waals surface area contributed by atoms with Crippen LogP contribution in [0.1, 0.15) is 19.0 Å². The Morgan fingerprint density at radius 1 is 1.44 bits per heavy atom. The van der Waals surface area contributed by atoms with Gasteiger partial charge < -0.3 is 10.2 Å². The topological polar surface area (TPSA) is 41.0 Å². The van der Waals surface area contributed by atoms with E-state index in [0.29, 0.717) is 0 Å². The summed E-state index contributed by atoms with van der Waals surface area (Å²) in [6, 6.07) is 4.12. The van der Waals surface area contributed by atoms with E-state index in [1.54, 1.807) is 0 Å². The van der Waals surface area contributed by atoms with Crippen LogP contribution in [0.2, 0.25) is 0 Å². The molecule has 1 aliphatic rings. The second kappa shape index (κ2) is 5.25. The van der Waals surface area contributed by atoms with E-state index in [4.69, 9.17) is 0 Å². The first-order valence-electron chi connectivity index (χ1n) is 6.04. The molecule has 0 spiro atoms. The largest absolute Gasteiger partial charge is 0.358 e. The van der Waals surface area contributed by atoms with Crippen molar-refractivity contribution in [2.75, 3.05) is 31.6 Å². The molecule has 1 unspecified atom stereocenters. The lowest BCUT2D eigenvalue weighted by Crippen LogP contribution is -2.27. The molecule has 4 nitrogen and oxygen atoms in total. The molecule has 1 fully saturated rings. The molecule has 0 amide bonds. The molecule has 0 aliphatic carbocycles.